The average molecular weight is 748 g/mol. The largest absolute Gasteiger partial charge is 0.464 e. The first-order valence-corrected chi connectivity index (χ1v) is 18.8. The molecule has 3 unspecified atom stereocenters. The molecule has 2 aromatic rings. The maximum atomic E-state index is 11.8. The Kier molecular flexibility index (Phi) is 28.1. The first-order chi connectivity index (χ1) is 24.8. The highest BCUT2D eigenvalue weighted by molar-refractivity contribution is 6.18. The van der Waals surface area contributed by atoms with E-state index in [2.05, 4.69) is 52.8 Å². The van der Waals surface area contributed by atoms with Gasteiger partial charge in [0, 0.05) is 5.88 Å². The average Bonchev–Trinajstić information content (AvgIpc) is 3.20. The highest BCUT2D eigenvalue weighted by Gasteiger charge is 2.26. The molecule has 3 atom stereocenters. The lowest BCUT2D eigenvalue weighted by atomic mass is 9.82. The van der Waals surface area contributed by atoms with Gasteiger partial charge in [-0.3, -0.25) is 4.79 Å². The molecule has 2 rings (SSSR count). The molecule has 0 N–H and O–H groups in total. The summed E-state index contributed by atoms with van der Waals surface area (Å²) in [6.45, 7) is 23.5. The monoisotopic (exact) mass is 747 g/mol. The Bertz CT molecular complexity index is 1480. The van der Waals surface area contributed by atoms with Crippen LogP contribution < -0.4 is 0 Å². The molecular formula is C44H63ClFN5O2. The van der Waals surface area contributed by atoms with Gasteiger partial charge in [-0.05, 0) is 107 Å². The van der Waals surface area contributed by atoms with E-state index in [4.69, 9.17) is 42.6 Å². The van der Waals surface area contributed by atoms with Crippen LogP contribution in [0.5, 0.6) is 0 Å². The third-order valence-electron chi connectivity index (χ3n) is 9.47. The molecule has 0 bridgehead atoms. The van der Waals surface area contributed by atoms with Crippen molar-refractivity contribution in [3.63, 3.8) is 0 Å². The second-order valence-electron chi connectivity index (χ2n) is 14.6. The summed E-state index contributed by atoms with van der Waals surface area (Å²) in [7, 11) is 0. The number of carbonyl (C=O) groups is 1. The fourth-order valence-corrected chi connectivity index (χ4v) is 3.51. The fraction of sp³-hybridized carbons (Fsp3) is 0.591. The smallest absolute Gasteiger partial charge is 0.311 e. The molecule has 9 heteroatoms. The summed E-state index contributed by atoms with van der Waals surface area (Å²) in [6, 6.07) is 25.9. The van der Waals surface area contributed by atoms with Gasteiger partial charge in [0.2, 0.25) is 0 Å². The number of rotatable bonds is 12. The van der Waals surface area contributed by atoms with Crippen LogP contribution >= 0.6 is 11.6 Å². The number of alkyl halides is 2. The van der Waals surface area contributed by atoms with Crippen molar-refractivity contribution in [1.29, 1.82) is 26.3 Å². The van der Waals surface area contributed by atoms with Gasteiger partial charge in [-0.1, -0.05) is 79.7 Å². The van der Waals surface area contributed by atoms with Crippen molar-refractivity contribution in [1.82, 2.24) is 0 Å². The molecule has 0 aromatic heterocycles. The Hall–Kier alpha value is -4.42. The van der Waals surface area contributed by atoms with Gasteiger partial charge < -0.3 is 4.74 Å². The summed E-state index contributed by atoms with van der Waals surface area (Å²) >= 11 is 5.49. The summed E-state index contributed by atoms with van der Waals surface area (Å²) < 4.78 is 16.7. The Morgan fingerprint density at radius 1 is 0.736 bits per heavy atom. The van der Waals surface area contributed by atoms with E-state index in [-0.39, 0.29) is 29.8 Å². The zero-order chi connectivity index (χ0) is 41.7. The standard InChI is InChI=1S/C12H15N.C11H13N.C9H15NO2.C6H10ClN.C6H10FN/c1-4-12(2,3)11-7-5-10(9-13)6-8-11;1-3-9(2)11-6-4-10(8-12)5-7-11;1-4-9(2,3)8(11)12-7-5-6-10;2*1-3-6(2,4-7)5-8/h5-8H,4H2,1-3H3;4-7,9H,3H2,1-2H3;4-5,7H2,1-3H3;2*3-4H2,1-2H3. The first kappa shape index (κ1) is 52.9. The molecule has 0 aliphatic carbocycles. The van der Waals surface area contributed by atoms with Gasteiger partial charge in [0.15, 0.2) is 0 Å². The summed E-state index contributed by atoms with van der Waals surface area (Å²) in [5.74, 6) is 0.804. The van der Waals surface area contributed by atoms with Crippen molar-refractivity contribution in [2.75, 3.05) is 19.2 Å². The van der Waals surface area contributed by atoms with Crippen LogP contribution in [0.1, 0.15) is 150 Å². The predicted molar refractivity (Wildman–Crippen MR) is 214 cm³/mol. The van der Waals surface area contributed by atoms with E-state index in [1.54, 1.807) is 6.92 Å². The molecule has 0 saturated carbocycles. The van der Waals surface area contributed by atoms with Crippen LogP contribution in [0.2, 0.25) is 0 Å². The Morgan fingerprint density at radius 2 is 1.19 bits per heavy atom. The lowest BCUT2D eigenvalue weighted by Crippen LogP contribution is -2.25. The summed E-state index contributed by atoms with van der Waals surface area (Å²) in [5.41, 5.74) is 2.84. The highest BCUT2D eigenvalue weighted by Crippen LogP contribution is 2.26. The molecule has 0 fully saturated rings. The van der Waals surface area contributed by atoms with E-state index in [9.17, 15) is 9.18 Å². The quantitative estimate of drug-likeness (QED) is 0.119. The maximum Gasteiger partial charge on any atom is 0.311 e. The van der Waals surface area contributed by atoms with Gasteiger partial charge in [0.25, 0.3) is 0 Å². The van der Waals surface area contributed by atoms with Crippen LogP contribution in [0.15, 0.2) is 48.5 Å². The topological polar surface area (TPSA) is 145 Å². The summed E-state index contributed by atoms with van der Waals surface area (Å²) in [5, 5.41) is 42.2. The van der Waals surface area contributed by atoms with Gasteiger partial charge in [-0.25, -0.2) is 4.39 Å². The predicted octanol–water partition coefficient (Wildman–Crippen LogP) is 12.3. The number of nitrogens with zero attached hydrogens (tertiary/aromatic N) is 5. The molecule has 0 heterocycles. The maximum absolute atomic E-state index is 11.8. The Morgan fingerprint density at radius 3 is 1.45 bits per heavy atom. The van der Waals surface area contributed by atoms with Crippen molar-refractivity contribution in [3.05, 3.63) is 70.8 Å². The van der Waals surface area contributed by atoms with E-state index < -0.39 is 17.5 Å². The van der Waals surface area contributed by atoms with Crippen LogP contribution in [0, 0.1) is 72.9 Å². The lowest BCUT2D eigenvalue weighted by Gasteiger charge is -2.23. The van der Waals surface area contributed by atoms with Gasteiger partial charge >= 0.3 is 5.97 Å². The zero-order valence-corrected chi connectivity index (χ0v) is 35.1. The molecule has 0 aliphatic rings. The molecule has 0 spiro atoms. The van der Waals surface area contributed by atoms with E-state index in [1.165, 1.54) is 11.1 Å². The summed E-state index contributed by atoms with van der Waals surface area (Å²) in [4.78, 5) is 11.2. The van der Waals surface area contributed by atoms with Gasteiger partial charge in [0.1, 0.15) is 13.3 Å². The van der Waals surface area contributed by atoms with Crippen LogP contribution in [0.3, 0.4) is 0 Å². The number of ether oxygens (including phenoxy) is 1. The van der Waals surface area contributed by atoms with E-state index in [0.29, 0.717) is 18.2 Å². The number of hydrogen-bond donors (Lipinski definition) is 0. The number of esters is 1. The van der Waals surface area contributed by atoms with Crippen LogP contribution in [-0.2, 0) is 14.9 Å². The van der Waals surface area contributed by atoms with Crippen molar-refractivity contribution in [2.24, 2.45) is 16.2 Å². The van der Waals surface area contributed by atoms with Gasteiger partial charge in [-0.15, -0.1) is 11.6 Å². The number of carbonyl (C=O) groups excluding carboxylic acids is 1. The van der Waals surface area contributed by atoms with E-state index in [1.807, 2.05) is 102 Å². The van der Waals surface area contributed by atoms with Gasteiger partial charge in [-0.2, -0.15) is 26.3 Å². The lowest BCUT2D eigenvalue weighted by molar-refractivity contribution is -0.153. The number of hydrogen-bond acceptors (Lipinski definition) is 7. The molecule has 0 aliphatic heterocycles. The van der Waals surface area contributed by atoms with Crippen LogP contribution in [0.25, 0.3) is 0 Å². The molecule has 0 amide bonds. The summed E-state index contributed by atoms with van der Waals surface area (Å²) in [6.07, 6.45) is 4.68. The molecule has 53 heavy (non-hydrogen) atoms. The Labute approximate surface area is 326 Å². The minimum absolute atomic E-state index is 0.207. The fourth-order valence-electron chi connectivity index (χ4n) is 3.26. The molecule has 290 valence electrons. The first-order valence-electron chi connectivity index (χ1n) is 18.3. The van der Waals surface area contributed by atoms with Crippen molar-refractivity contribution >= 4 is 17.6 Å². The third-order valence-corrected chi connectivity index (χ3v) is 10.1. The Balaban J connectivity index is -0.000000599. The van der Waals surface area contributed by atoms with Crippen molar-refractivity contribution in [2.45, 2.75) is 133 Å². The number of nitriles is 5. The van der Waals surface area contributed by atoms with E-state index >= 15 is 0 Å². The number of benzene rings is 2. The van der Waals surface area contributed by atoms with Crippen molar-refractivity contribution < 1.29 is 13.9 Å². The second-order valence-corrected chi connectivity index (χ2v) is 14.8. The SMILES string of the molecule is CCC(C)(C#N)CCl.CCC(C)(C#N)CF.CCC(C)(C)C(=O)OCCC#N.CCC(C)(C)c1ccc(C#N)cc1.CCC(C)c1ccc(C#N)cc1. The zero-order valence-electron chi connectivity index (χ0n) is 34.4. The molecule has 0 radical (unpaired) electrons. The minimum atomic E-state index is -0.736. The molecular weight excluding hydrogens is 685 g/mol. The third kappa shape index (κ3) is 22.3. The van der Waals surface area contributed by atoms with Crippen LogP contribution in [0.4, 0.5) is 4.39 Å². The minimum Gasteiger partial charge on any atom is -0.464 e. The van der Waals surface area contributed by atoms with Crippen molar-refractivity contribution in [3.8, 4) is 30.3 Å². The van der Waals surface area contributed by atoms with Crippen LogP contribution in [-0.4, -0.2) is 25.1 Å². The normalized spacial score (nSPS) is 12.8. The van der Waals surface area contributed by atoms with E-state index in [0.717, 1.165) is 36.8 Å². The molecule has 7 nitrogen and oxygen atoms in total. The number of halogens is 2. The van der Waals surface area contributed by atoms with Gasteiger partial charge in [0.05, 0.1) is 64.1 Å². The molecule has 2 aromatic carbocycles. The molecule has 0 saturated heterocycles. The second kappa shape index (κ2) is 28.1. The highest BCUT2D eigenvalue weighted by atomic mass is 35.5.